The fourth-order valence-corrected chi connectivity index (χ4v) is 2.58. The molecule has 4 nitrogen and oxygen atoms in total. The summed E-state index contributed by atoms with van der Waals surface area (Å²) in [5.74, 6) is -0.233. The monoisotopic (exact) mass is 296 g/mol. The van der Waals surface area contributed by atoms with Gasteiger partial charge in [-0.05, 0) is 30.8 Å². The number of methoxy groups -OCH3 is 1. The van der Waals surface area contributed by atoms with Crippen LogP contribution in [0.15, 0.2) is 39.0 Å². The maximum absolute atomic E-state index is 13.9. The second-order valence-corrected chi connectivity index (χ2v) is 5.24. The molecule has 0 unspecified atom stereocenters. The Labute approximate surface area is 121 Å². The summed E-state index contributed by atoms with van der Waals surface area (Å²) in [5, 5.41) is 3.67. The van der Waals surface area contributed by atoms with Gasteiger partial charge in [0.1, 0.15) is 12.1 Å². The molecular weight excluding hydrogens is 279 g/mol. The molecule has 0 aliphatic rings. The van der Waals surface area contributed by atoms with Gasteiger partial charge in [0.2, 0.25) is 0 Å². The van der Waals surface area contributed by atoms with E-state index in [0.717, 1.165) is 10.6 Å². The molecule has 0 radical (unpaired) electrons. The van der Waals surface area contributed by atoms with E-state index in [0.29, 0.717) is 30.5 Å². The molecule has 2 rings (SSSR count). The van der Waals surface area contributed by atoms with Crippen LogP contribution >= 0.6 is 11.8 Å². The highest BCUT2D eigenvalue weighted by atomic mass is 32.2. The molecule has 6 heteroatoms. The zero-order chi connectivity index (χ0) is 14.4. The number of aryl methyl sites for hydroxylation is 1. The largest absolute Gasteiger partial charge is 0.439 e. The predicted octanol–water partition coefficient (Wildman–Crippen LogP) is 3.01. The SMILES string of the molecule is COCCNCc1c(F)cccc1Sc1nc(C)co1. The van der Waals surface area contributed by atoms with Gasteiger partial charge in [0, 0.05) is 30.7 Å². The van der Waals surface area contributed by atoms with Crippen LogP contribution in [0.5, 0.6) is 0 Å². The minimum atomic E-state index is -0.233. The van der Waals surface area contributed by atoms with E-state index < -0.39 is 0 Å². The lowest BCUT2D eigenvalue weighted by Crippen LogP contribution is -2.19. The molecule has 1 aromatic carbocycles. The molecule has 0 fully saturated rings. The third-order valence-electron chi connectivity index (χ3n) is 2.66. The van der Waals surface area contributed by atoms with E-state index in [1.165, 1.54) is 17.8 Å². The van der Waals surface area contributed by atoms with Crippen LogP contribution in [0.2, 0.25) is 0 Å². The third-order valence-corrected chi connectivity index (χ3v) is 3.62. The minimum absolute atomic E-state index is 0.233. The number of halogens is 1. The summed E-state index contributed by atoms with van der Waals surface area (Å²) in [5.41, 5.74) is 1.42. The number of aromatic nitrogens is 1. The van der Waals surface area contributed by atoms with Crippen LogP contribution in [0.3, 0.4) is 0 Å². The second kappa shape index (κ2) is 7.42. The molecule has 0 aliphatic heterocycles. The van der Waals surface area contributed by atoms with Crippen LogP contribution in [0.4, 0.5) is 4.39 Å². The molecule has 0 aliphatic carbocycles. The number of nitrogens with one attached hydrogen (secondary N) is 1. The first-order valence-corrected chi connectivity index (χ1v) is 7.09. The molecule has 0 amide bonds. The average Bonchev–Trinajstić information content (AvgIpc) is 2.83. The van der Waals surface area contributed by atoms with Crippen molar-refractivity contribution in [1.29, 1.82) is 0 Å². The maximum Gasteiger partial charge on any atom is 0.260 e. The number of rotatable bonds is 7. The van der Waals surface area contributed by atoms with Crippen LogP contribution in [0.1, 0.15) is 11.3 Å². The normalized spacial score (nSPS) is 10.9. The van der Waals surface area contributed by atoms with E-state index in [4.69, 9.17) is 9.15 Å². The minimum Gasteiger partial charge on any atom is -0.439 e. The van der Waals surface area contributed by atoms with Crippen LogP contribution in [-0.4, -0.2) is 25.2 Å². The van der Waals surface area contributed by atoms with E-state index in [9.17, 15) is 4.39 Å². The molecule has 0 bridgehead atoms. The first-order chi connectivity index (χ1) is 9.70. The number of hydrogen-bond acceptors (Lipinski definition) is 5. The Kier molecular flexibility index (Phi) is 5.58. The molecule has 20 heavy (non-hydrogen) atoms. The van der Waals surface area contributed by atoms with E-state index in [-0.39, 0.29) is 5.82 Å². The molecule has 0 spiro atoms. The van der Waals surface area contributed by atoms with Crippen molar-refractivity contribution < 1.29 is 13.5 Å². The molecule has 2 aromatic rings. The van der Waals surface area contributed by atoms with Crippen molar-refractivity contribution in [3.05, 3.63) is 41.5 Å². The highest BCUT2D eigenvalue weighted by Crippen LogP contribution is 2.31. The molecule has 0 saturated carbocycles. The van der Waals surface area contributed by atoms with E-state index in [1.54, 1.807) is 19.4 Å². The summed E-state index contributed by atoms with van der Waals surface area (Å²) in [4.78, 5) is 5.02. The summed E-state index contributed by atoms with van der Waals surface area (Å²) >= 11 is 1.32. The Bertz CT molecular complexity index is 560. The highest BCUT2D eigenvalue weighted by Gasteiger charge is 2.12. The smallest absolute Gasteiger partial charge is 0.260 e. The molecule has 1 heterocycles. The van der Waals surface area contributed by atoms with Gasteiger partial charge in [0.25, 0.3) is 5.22 Å². The highest BCUT2D eigenvalue weighted by molar-refractivity contribution is 7.99. The quantitative estimate of drug-likeness (QED) is 0.796. The zero-order valence-corrected chi connectivity index (χ0v) is 12.3. The Hall–Kier alpha value is -1.37. The Morgan fingerprint density at radius 2 is 2.30 bits per heavy atom. The molecule has 1 aromatic heterocycles. The number of hydrogen-bond donors (Lipinski definition) is 1. The fraction of sp³-hybridized carbons (Fsp3) is 0.357. The van der Waals surface area contributed by atoms with Gasteiger partial charge in [0.15, 0.2) is 0 Å². The fourth-order valence-electron chi connectivity index (χ4n) is 1.67. The van der Waals surface area contributed by atoms with Gasteiger partial charge in [0.05, 0.1) is 12.3 Å². The second-order valence-electron chi connectivity index (χ2n) is 4.24. The van der Waals surface area contributed by atoms with E-state index in [1.807, 2.05) is 13.0 Å². The summed E-state index contributed by atoms with van der Waals surface area (Å²) in [6, 6.07) is 5.00. The summed E-state index contributed by atoms with van der Waals surface area (Å²) in [6.45, 7) is 3.56. The first-order valence-electron chi connectivity index (χ1n) is 6.27. The van der Waals surface area contributed by atoms with Gasteiger partial charge in [-0.1, -0.05) is 6.07 Å². The van der Waals surface area contributed by atoms with E-state index >= 15 is 0 Å². The summed E-state index contributed by atoms with van der Waals surface area (Å²) in [7, 11) is 1.64. The van der Waals surface area contributed by atoms with Gasteiger partial charge in [-0.3, -0.25) is 0 Å². The maximum atomic E-state index is 13.9. The molecular formula is C14H17FN2O2S. The topological polar surface area (TPSA) is 47.3 Å². The van der Waals surface area contributed by atoms with Gasteiger partial charge in [-0.25, -0.2) is 9.37 Å². The van der Waals surface area contributed by atoms with Crippen molar-refractivity contribution in [2.75, 3.05) is 20.3 Å². The van der Waals surface area contributed by atoms with Crippen LogP contribution < -0.4 is 5.32 Å². The number of oxazole rings is 1. The van der Waals surface area contributed by atoms with Crippen molar-refractivity contribution in [3.63, 3.8) is 0 Å². The third kappa shape index (κ3) is 4.06. The average molecular weight is 296 g/mol. The number of nitrogens with zero attached hydrogens (tertiary/aromatic N) is 1. The lowest BCUT2D eigenvalue weighted by molar-refractivity contribution is 0.199. The van der Waals surface area contributed by atoms with Crippen molar-refractivity contribution in [1.82, 2.24) is 10.3 Å². The molecule has 108 valence electrons. The van der Waals surface area contributed by atoms with Gasteiger partial charge in [-0.15, -0.1) is 0 Å². The first kappa shape index (κ1) is 15.0. The van der Waals surface area contributed by atoms with Crippen molar-refractivity contribution >= 4 is 11.8 Å². The Balaban J connectivity index is 2.09. The lowest BCUT2D eigenvalue weighted by Gasteiger charge is -2.10. The van der Waals surface area contributed by atoms with Gasteiger partial charge < -0.3 is 14.5 Å². The van der Waals surface area contributed by atoms with E-state index in [2.05, 4.69) is 10.3 Å². The van der Waals surface area contributed by atoms with Crippen LogP contribution in [0, 0.1) is 12.7 Å². The van der Waals surface area contributed by atoms with Gasteiger partial charge in [-0.2, -0.15) is 0 Å². The summed E-state index contributed by atoms with van der Waals surface area (Å²) < 4.78 is 24.2. The Morgan fingerprint density at radius 1 is 1.45 bits per heavy atom. The standard InChI is InChI=1S/C14H17FN2O2S/c1-10-9-19-14(17-10)20-13-5-3-4-12(15)11(13)8-16-6-7-18-2/h3-5,9,16H,6-8H2,1-2H3. The Morgan fingerprint density at radius 3 is 3.00 bits per heavy atom. The van der Waals surface area contributed by atoms with Crippen molar-refractivity contribution in [2.45, 2.75) is 23.6 Å². The predicted molar refractivity (Wildman–Crippen MR) is 75.3 cm³/mol. The number of benzene rings is 1. The van der Waals surface area contributed by atoms with Crippen molar-refractivity contribution in [2.24, 2.45) is 0 Å². The number of ether oxygens (including phenoxy) is 1. The van der Waals surface area contributed by atoms with Crippen LogP contribution in [0.25, 0.3) is 0 Å². The van der Waals surface area contributed by atoms with Crippen LogP contribution in [-0.2, 0) is 11.3 Å². The molecule has 1 N–H and O–H groups in total. The molecule has 0 atom stereocenters. The van der Waals surface area contributed by atoms with Gasteiger partial charge >= 0.3 is 0 Å². The molecule has 0 saturated heterocycles. The zero-order valence-electron chi connectivity index (χ0n) is 11.5. The van der Waals surface area contributed by atoms with Crippen molar-refractivity contribution in [3.8, 4) is 0 Å². The lowest BCUT2D eigenvalue weighted by atomic mass is 10.2. The summed E-state index contributed by atoms with van der Waals surface area (Å²) in [6.07, 6.45) is 1.58.